The van der Waals surface area contributed by atoms with Crippen molar-refractivity contribution in [2.45, 2.75) is 32.8 Å². The van der Waals surface area contributed by atoms with Gasteiger partial charge in [-0.2, -0.15) is 5.10 Å². The van der Waals surface area contributed by atoms with Gasteiger partial charge in [-0.3, -0.25) is 4.68 Å². The fourth-order valence-electron chi connectivity index (χ4n) is 2.37. The van der Waals surface area contributed by atoms with Crippen LogP contribution < -0.4 is 5.32 Å². The summed E-state index contributed by atoms with van der Waals surface area (Å²) in [6, 6.07) is 0. The molecule has 0 bridgehead atoms. The van der Waals surface area contributed by atoms with Crippen molar-refractivity contribution in [3.05, 3.63) is 15.9 Å². The Balaban J connectivity index is 1.84. The maximum Gasteiger partial charge on any atom is 0.0896 e. The fourth-order valence-corrected chi connectivity index (χ4v) is 3.10. The lowest BCUT2D eigenvalue weighted by Gasteiger charge is -2.22. The van der Waals surface area contributed by atoms with Crippen molar-refractivity contribution in [2.24, 2.45) is 13.0 Å². The molecule has 1 aromatic rings. The van der Waals surface area contributed by atoms with Crippen LogP contribution in [0.15, 0.2) is 4.47 Å². The molecule has 5 heteroatoms. The van der Waals surface area contributed by atoms with Crippen LogP contribution in [0.25, 0.3) is 0 Å². The molecule has 18 heavy (non-hydrogen) atoms. The Bertz CT molecular complexity index is 386. The Kier molecular flexibility index (Phi) is 5.21. The predicted molar refractivity (Wildman–Crippen MR) is 75.5 cm³/mol. The number of hydrogen-bond acceptors (Lipinski definition) is 3. The molecule has 1 N–H and O–H groups in total. The largest absolute Gasteiger partial charge is 0.375 e. The molecule has 2 rings (SSSR count). The molecule has 1 aliphatic rings. The van der Waals surface area contributed by atoms with E-state index in [4.69, 9.17) is 4.74 Å². The van der Waals surface area contributed by atoms with Gasteiger partial charge in [0.25, 0.3) is 0 Å². The van der Waals surface area contributed by atoms with Crippen LogP contribution in [-0.2, 0) is 24.8 Å². The topological polar surface area (TPSA) is 39.1 Å². The Morgan fingerprint density at radius 3 is 3.00 bits per heavy atom. The second kappa shape index (κ2) is 6.68. The van der Waals surface area contributed by atoms with E-state index in [0.29, 0.717) is 12.5 Å². The van der Waals surface area contributed by atoms with Crippen molar-refractivity contribution in [2.75, 3.05) is 19.7 Å². The minimum Gasteiger partial charge on any atom is -0.375 e. The van der Waals surface area contributed by atoms with E-state index in [2.05, 4.69) is 33.3 Å². The van der Waals surface area contributed by atoms with E-state index in [0.717, 1.165) is 42.0 Å². The Labute approximate surface area is 117 Å². The van der Waals surface area contributed by atoms with Crippen LogP contribution in [0.2, 0.25) is 0 Å². The van der Waals surface area contributed by atoms with Crippen molar-refractivity contribution in [3.8, 4) is 0 Å². The Morgan fingerprint density at radius 2 is 2.39 bits per heavy atom. The van der Waals surface area contributed by atoms with Crippen LogP contribution in [0.5, 0.6) is 0 Å². The number of aromatic nitrogens is 2. The molecule has 2 heterocycles. The highest BCUT2D eigenvalue weighted by molar-refractivity contribution is 9.10. The first-order valence-electron chi connectivity index (χ1n) is 6.71. The second-order valence-electron chi connectivity index (χ2n) is 4.91. The van der Waals surface area contributed by atoms with Gasteiger partial charge < -0.3 is 10.1 Å². The number of hydrogen-bond donors (Lipinski definition) is 1. The predicted octanol–water partition coefficient (Wildman–Crippen LogP) is 2.26. The van der Waals surface area contributed by atoms with Crippen molar-refractivity contribution in [1.82, 2.24) is 15.1 Å². The number of halogens is 1. The molecule has 0 aromatic carbocycles. The average molecular weight is 316 g/mol. The van der Waals surface area contributed by atoms with E-state index >= 15 is 0 Å². The Morgan fingerprint density at radius 1 is 1.56 bits per heavy atom. The zero-order valence-corrected chi connectivity index (χ0v) is 12.8. The summed E-state index contributed by atoms with van der Waals surface area (Å²) in [5.74, 6) is 0.663. The summed E-state index contributed by atoms with van der Waals surface area (Å²) in [6.45, 7) is 5.84. The van der Waals surface area contributed by atoms with Crippen molar-refractivity contribution < 1.29 is 4.74 Å². The molecule has 1 aliphatic heterocycles. The highest BCUT2D eigenvalue weighted by Gasteiger charge is 2.15. The summed E-state index contributed by atoms with van der Waals surface area (Å²) in [4.78, 5) is 0. The summed E-state index contributed by atoms with van der Waals surface area (Å²) in [7, 11) is 1.98. The van der Waals surface area contributed by atoms with Gasteiger partial charge in [-0.05, 0) is 47.7 Å². The second-order valence-corrected chi connectivity index (χ2v) is 5.71. The van der Waals surface area contributed by atoms with Gasteiger partial charge in [0.2, 0.25) is 0 Å². The molecule has 0 radical (unpaired) electrons. The average Bonchev–Trinajstić information content (AvgIpc) is 2.67. The number of aryl methyl sites for hydroxylation is 2. The molecule has 0 amide bonds. The van der Waals surface area contributed by atoms with Crippen LogP contribution in [0.4, 0.5) is 0 Å². The number of rotatable bonds is 5. The summed E-state index contributed by atoms with van der Waals surface area (Å²) < 4.78 is 8.87. The molecule has 0 saturated carbocycles. The van der Waals surface area contributed by atoms with Crippen LogP contribution in [-0.4, -0.2) is 29.5 Å². The van der Waals surface area contributed by atoms with Crippen molar-refractivity contribution in [1.29, 1.82) is 0 Å². The van der Waals surface area contributed by atoms with Crippen LogP contribution in [0, 0.1) is 5.92 Å². The lowest BCUT2D eigenvalue weighted by molar-refractivity contribution is 0.0742. The lowest BCUT2D eigenvalue weighted by atomic mass is 10.0. The van der Waals surface area contributed by atoms with Crippen LogP contribution in [0.3, 0.4) is 0 Å². The van der Waals surface area contributed by atoms with E-state index in [9.17, 15) is 0 Å². The fraction of sp³-hybridized carbons (Fsp3) is 0.769. The number of nitrogens with zero attached hydrogens (tertiary/aromatic N) is 2. The van der Waals surface area contributed by atoms with Gasteiger partial charge in [-0.25, -0.2) is 0 Å². The molecule has 1 aromatic heterocycles. The molecule has 1 unspecified atom stereocenters. The summed E-state index contributed by atoms with van der Waals surface area (Å²) in [5.41, 5.74) is 2.24. The van der Waals surface area contributed by atoms with E-state index in [1.807, 2.05) is 11.7 Å². The first kappa shape index (κ1) is 14.0. The minimum atomic E-state index is 0.639. The van der Waals surface area contributed by atoms with E-state index in [-0.39, 0.29) is 0 Å². The summed E-state index contributed by atoms with van der Waals surface area (Å²) in [5, 5.41) is 7.88. The molecule has 1 atom stereocenters. The molecule has 102 valence electrons. The van der Waals surface area contributed by atoms with Gasteiger partial charge in [0.15, 0.2) is 0 Å². The Hall–Kier alpha value is -0.390. The molecule has 0 spiro atoms. The molecule has 0 aliphatic carbocycles. The summed E-state index contributed by atoms with van der Waals surface area (Å²) >= 11 is 3.61. The molecule has 1 fully saturated rings. The quantitative estimate of drug-likeness (QED) is 0.906. The van der Waals surface area contributed by atoms with Gasteiger partial charge in [0, 0.05) is 13.6 Å². The zero-order chi connectivity index (χ0) is 13.0. The highest BCUT2D eigenvalue weighted by atomic mass is 79.9. The first-order valence-corrected chi connectivity index (χ1v) is 7.50. The highest BCUT2D eigenvalue weighted by Crippen LogP contribution is 2.22. The number of piperidine rings is 1. The standard InChI is InChI=1S/C13H22BrN3O/c1-3-11-13(14)12(17(2)16-11)9-18-8-10-5-4-6-15-7-10/h10,15H,3-9H2,1-2H3. The van der Waals surface area contributed by atoms with Crippen molar-refractivity contribution >= 4 is 15.9 Å². The van der Waals surface area contributed by atoms with Gasteiger partial charge >= 0.3 is 0 Å². The summed E-state index contributed by atoms with van der Waals surface area (Å²) in [6.07, 6.45) is 3.49. The van der Waals surface area contributed by atoms with Gasteiger partial charge in [0.05, 0.1) is 29.1 Å². The normalized spacial score (nSPS) is 20.3. The number of ether oxygens (including phenoxy) is 1. The smallest absolute Gasteiger partial charge is 0.0896 e. The van der Waals surface area contributed by atoms with Gasteiger partial charge in [-0.15, -0.1) is 0 Å². The SMILES string of the molecule is CCc1nn(C)c(COCC2CCCNC2)c1Br. The molecule has 1 saturated heterocycles. The van der Waals surface area contributed by atoms with E-state index in [1.54, 1.807) is 0 Å². The third kappa shape index (κ3) is 3.33. The van der Waals surface area contributed by atoms with Gasteiger partial charge in [0.1, 0.15) is 0 Å². The maximum atomic E-state index is 5.85. The molecular formula is C13H22BrN3O. The zero-order valence-electron chi connectivity index (χ0n) is 11.2. The van der Waals surface area contributed by atoms with E-state index < -0.39 is 0 Å². The lowest BCUT2D eigenvalue weighted by Crippen LogP contribution is -2.32. The minimum absolute atomic E-state index is 0.639. The third-order valence-electron chi connectivity index (χ3n) is 3.49. The molecular weight excluding hydrogens is 294 g/mol. The van der Waals surface area contributed by atoms with Gasteiger partial charge in [-0.1, -0.05) is 6.92 Å². The van der Waals surface area contributed by atoms with Crippen molar-refractivity contribution in [3.63, 3.8) is 0 Å². The third-order valence-corrected chi connectivity index (χ3v) is 4.41. The number of nitrogens with one attached hydrogen (secondary N) is 1. The molecule has 4 nitrogen and oxygen atoms in total. The monoisotopic (exact) mass is 315 g/mol. The maximum absolute atomic E-state index is 5.85. The first-order chi connectivity index (χ1) is 8.72. The van der Waals surface area contributed by atoms with E-state index in [1.165, 1.54) is 12.8 Å². The van der Waals surface area contributed by atoms with Crippen LogP contribution >= 0.6 is 15.9 Å². The van der Waals surface area contributed by atoms with Crippen LogP contribution in [0.1, 0.15) is 31.2 Å².